The molecule has 0 fully saturated rings. The van der Waals surface area contributed by atoms with Crippen LogP contribution in [0.15, 0.2) is 97.5 Å². The molecule has 0 aliphatic carbocycles. The molecule has 0 spiro atoms. The van der Waals surface area contributed by atoms with Gasteiger partial charge in [0.1, 0.15) is 0 Å². The van der Waals surface area contributed by atoms with E-state index < -0.39 is 5.60 Å². The molecule has 0 aliphatic rings. The second-order valence-electron chi connectivity index (χ2n) is 9.25. The van der Waals surface area contributed by atoms with Crippen LogP contribution in [0.2, 0.25) is 0 Å². The summed E-state index contributed by atoms with van der Waals surface area (Å²) in [5, 5.41) is 14.0. The second-order valence-corrected chi connectivity index (χ2v) is 9.25. The van der Waals surface area contributed by atoms with Gasteiger partial charge in [-0.2, -0.15) is 0 Å². The van der Waals surface area contributed by atoms with Crippen LogP contribution in [0, 0.1) is 0 Å². The standard InChI is InChI=1S/C30H26N4O2/c1-30(2,36)24-7-4-8-25(16-24)33-29(35)18-26-17-28-23(19-32-26)9-10-27(34-28)22-6-3-5-21(15-22)20-11-13-31-14-12-20/h3-17,19,36H,18H2,1-2H3,(H,33,35). The number of fused-ring (bicyclic) bond motifs is 1. The highest BCUT2D eigenvalue weighted by atomic mass is 16.3. The zero-order valence-corrected chi connectivity index (χ0v) is 20.1. The van der Waals surface area contributed by atoms with Gasteiger partial charge in [0, 0.05) is 35.2 Å². The van der Waals surface area contributed by atoms with Crippen molar-refractivity contribution >= 4 is 22.5 Å². The molecule has 2 aromatic carbocycles. The van der Waals surface area contributed by atoms with Crippen LogP contribution in [0.5, 0.6) is 0 Å². The molecule has 0 aliphatic heterocycles. The monoisotopic (exact) mass is 474 g/mol. The van der Waals surface area contributed by atoms with Gasteiger partial charge in [-0.05, 0) is 79.1 Å². The molecule has 36 heavy (non-hydrogen) atoms. The number of pyridine rings is 3. The fourth-order valence-electron chi connectivity index (χ4n) is 4.07. The van der Waals surface area contributed by atoms with Gasteiger partial charge in [0.15, 0.2) is 0 Å². The van der Waals surface area contributed by atoms with Crippen LogP contribution in [0.3, 0.4) is 0 Å². The van der Waals surface area contributed by atoms with Gasteiger partial charge in [-0.3, -0.25) is 14.8 Å². The highest BCUT2D eigenvalue weighted by molar-refractivity contribution is 5.92. The van der Waals surface area contributed by atoms with Crippen LogP contribution in [0.1, 0.15) is 25.1 Å². The average molecular weight is 475 g/mol. The van der Waals surface area contributed by atoms with Crippen LogP contribution in [-0.2, 0) is 16.8 Å². The van der Waals surface area contributed by atoms with Gasteiger partial charge in [-0.1, -0.05) is 30.3 Å². The third kappa shape index (κ3) is 5.29. The van der Waals surface area contributed by atoms with Gasteiger partial charge in [0.05, 0.1) is 28.9 Å². The molecule has 3 heterocycles. The van der Waals surface area contributed by atoms with Crippen molar-refractivity contribution in [2.75, 3.05) is 5.32 Å². The Balaban J connectivity index is 1.36. The van der Waals surface area contributed by atoms with Crippen LogP contribution in [0.25, 0.3) is 33.3 Å². The van der Waals surface area contributed by atoms with Crippen molar-refractivity contribution in [2.45, 2.75) is 25.9 Å². The lowest BCUT2D eigenvalue weighted by atomic mass is 9.98. The number of nitrogens with one attached hydrogen (secondary N) is 1. The van der Waals surface area contributed by atoms with Crippen molar-refractivity contribution in [1.29, 1.82) is 0 Å². The topological polar surface area (TPSA) is 88.0 Å². The first-order valence-electron chi connectivity index (χ1n) is 11.7. The van der Waals surface area contributed by atoms with Crippen LogP contribution in [0.4, 0.5) is 5.69 Å². The van der Waals surface area contributed by atoms with Crippen molar-refractivity contribution in [3.8, 4) is 22.4 Å². The van der Waals surface area contributed by atoms with Crippen LogP contribution < -0.4 is 5.32 Å². The van der Waals surface area contributed by atoms with E-state index in [2.05, 4.69) is 27.4 Å². The number of hydrogen-bond donors (Lipinski definition) is 2. The SMILES string of the molecule is CC(C)(O)c1cccc(NC(=O)Cc2cc3nc(-c4cccc(-c5ccncc5)c4)ccc3cn2)c1. The Bertz CT molecular complexity index is 1540. The normalized spacial score (nSPS) is 11.4. The summed E-state index contributed by atoms with van der Waals surface area (Å²) in [5.41, 5.74) is 5.84. The summed E-state index contributed by atoms with van der Waals surface area (Å²) in [4.78, 5) is 26.1. The van der Waals surface area contributed by atoms with Gasteiger partial charge < -0.3 is 10.4 Å². The van der Waals surface area contributed by atoms with Crippen molar-refractivity contribution in [1.82, 2.24) is 15.0 Å². The summed E-state index contributed by atoms with van der Waals surface area (Å²) in [6.45, 7) is 3.42. The van der Waals surface area contributed by atoms with Crippen molar-refractivity contribution in [3.63, 3.8) is 0 Å². The Morgan fingerprint density at radius 3 is 2.47 bits per heavy atom. The van der Waals surface area contributed by atoms with E-state index in [1.54, 1.807) is 44.6 Å². The van der Waals surface area contributed by atoms with E-state index in [0.29, 0.717) is 11.4 Å². The predicted molar refractivity (Wildman–Crippen MR) is 142 cm³/mol. The fraction of sp³-hybridized carbons (Fsp3) is 0.133. The van der Waals surface area contributed by atoms with E-state index in [4.69, 9.17) is 4.98 Å². The van der Waals surface area contributed by atoms with Gasteiger partial charge in [0.25, 0.3) is 0 Å². The number of amides is 1. The predicted octanol–water partition coefficient (Wildman–Crippen LogP) is 5.77. The minimum atomic E-state index is -0.984. The highest BCUT2D eigenvalue weighted by Gasteiger charge is 2.16. The Morgan fingerprint density at radius 1 is 0.889 bits per heavy atom. The molecular weight excluding hydrogens is 448 g/mol. The first-order chi connectivity index (χ1) is 17.3. The molecule has 6 nitrogen and oxygen atoms in total. The van der Waals surface area contributed by atoms with Crippen molar-refractivity contribution in [3.05, 3.63) is 109 Å². The van der Waals surface area contributed by atoms with Crippen molar-refractivity contribution in [2.24, 2.45) is 0 Å². The lowest BCUT2D eigenvalue weighted by Crippen LogP contribution is -2.18. The third-order valence-corrected chi connectivity index (χ3v) is 6.00. The smallest absolute Gasteiger partial charge is 0.230 e. The van der Waals surface area contributed by atoms with Gasteiger partial charge >= 0.3 is 0 Å². The molecule has 0 atom stereocenters. The van der Waals surface area contributed by atoms with E-state index in [1.165, 1.54) is 0 Å². The Labute approximate surface area is 209 Å². The maximum atomic E-state index is 12.7. The Hall–Kier alpha value is -4.42. The molecule has 0 bridgehead atoms. The quantitative estimate of drug-likeness (QED) is 0.326. The first kappa shape index (κ1) is 23.3. The van der Waals surface area contributed by atoms with Gasteiger partial charge in [0.2, 0.25) is 5.91 Å². The molecule has 0 saturated carbocycles. The number of aromatic nitrogens is 3. The second kappa shape index (κ2) is 9.68. The number of hydrogen-bond acceptors (Lipinski definition) is 5. The zero-order chi connectivity index (χ0) is 25.1. The number of aliphatic hydroxyl groups is 1. The summed E-state index contributed by atoms with van der Waals surface area (Å²) in [6.07, 6.45) is 5.43. The molecular formula is C30H26N4O2. The molecule has 1 amide bonds. The van der Waals surface area contributed by atoms with Crippen molar-refractivity contribution < 1.29 is 9.90 Å². The average Bonchev–Trinajstić information content (AvgIpc) is 2.88. The molecule has 0 saturated heterocycles. The van der Waals surface area contributed by atoms with E-state index in [-0.39, 0.29) is 12.3 Å². The lowest BCUT2D eigenvalue weighted by Gasteiger charge is -2.18. The summed E-state index contributed by atoms with van der Waals surface area (Å²) >= 11 is 0. The first-order valence-corrected chi connectivity index (χ1v) is 11.7. The molecule has 6 heteroatoms. The number of carbonyl (C=O) groups is 1. The number of nitrogens with zero attached hydrogens (tertiary/aromatic N) is 3. The van der Waals surface area contributed by atoms with E-state index in [1.807, 2.05) is 54.6 Å². The molecule has 5 rings (SSSR count). The number of carbonyl (C=O) groups excluding carboxylic acids is 1. The number of anilines is 1. The van der Waals surface area contributed by atoms with Crippen LogP contribution in [-0.4, -0.2) is 26.0 Å². The van der Waals surface area contributed by atoms with Gasteiger partial charge in [-0.15, -0.1) is 0 Å². The molecule has 0 radical (unpaired) electrons. The van der Waals surface area contributed by atoms with E-state index >= 15 is 0 Å². The summed E-state index contributed by atoms with van der Waals surface area (Å²) in [7, 11) is 0. The highest BCUT2D eigenvalue weighted by Crippen LogP contribution is 2.27. The lowest BCUT2D eigenvalue weighted by molar-refractivity contribution is -0.115. The number of rotatable bonds is 6. The summed E-state index contributed by atoms with van der Waals surface area (Å²) in [5.74, 6) is -0.184. The molecule has 178 valence electrons. The maximum absolute atomic E-state index is 12.7. The molecule has 3 aromatic heterocycles. The van der Waals surface area contributed by atoms with Gasteiger partial charge in [-0.25, -0.2) is 4.98 Å². The summed E-state index contributed by atoms with van der Waals surface area (Å²) < 4.78 is 0. The Kier molecular flexibility index (Phi) is 6.27. The molecule has 2 N–H and O–H groups in total. The number of benzene rings is 2. The third-order valence-electron chi connectivity index (χ3n) is 6.00. The van der Waals surface area contributed by atoms with Crippen LogP contribution >= 0.6 is 0 Å². The zero-order valence-electron chi connectivity index (χ0n) is 20.1. The summed E-state index contributed by atoms with van der Waals surface area (Å²) in [6, 6.07) is 25.3. The fourth-order valence-corrected chi connectivity index (χ4v) is 4.07. The largest absolute Gasteiger partial charge is 0.386 e. The molecule has 0 unspecified atom stereocenters. The Morgan fingerprint density at radius 2 is 1.67 bits per heavy atom. The minimum absolute atomic E-state index is 0.117. The van der Waals surface area contributed by atoms with E-state index in [0.717, 1.165) is 38.9 Å². The van der Waals surface area contributed by atoms with E-state index in [9.17, 15) is 9.90 Å². The minimum Gasteiger partial charge on any atom is -0.386 e. The molecule has 5 aromatic rings. The maximum Gasteiger partial charge on any atom is 0.230 e.